The average molecular weight is 365 g/mol. The van der Waals surface area contributed by atoms with E-state index in [9.17, 15) is 14.9 Å². The smallest absolute Gasteiger partial charge is 0.293 e. The van der Waals surface area contributed by atoms with E-state index in [1.807, 2.05) is 35.0 Å². The first-order chi connectivity index (χ1) is 13.1. The summed E-state index contributed by atoms with van der Waals surface area (Å²) < 4.78 is 1.92. The molecular formula is C19H19N5O3. The Bertz CT molecular complexity index is 977. The molecule has 1 aliphatic carbocycles. The lowest BCUT2D eigenvalue weighted by molar-refractivity contribution is -0.384. The molecule has 2 N–H and O–H groups in total. The molecular weight excluding hydrogens is 346 g/mol. The minimum Gasteiger partial charge on any atom is -0.377 e. The minimum absolute atomic E-state index is 0.0742. The van der Waals surface area contributed by atoms with Crippen LogP contribution >= 0.6 is 0 Å². The van der Waals surface area contributed by atoms with Crippen molar-refractivity contribution < 1.29 is 9.72 Å². The minimum atomic E-state index is -0.460. The number of anilines is 1. The Morgan fingerprint density at radius 3 is 2.89 bits per heavy atom. The van der Waals surface area contributed by atoms with Crippen molar-refractivity contribution in [2.75, 3.05) is 11.9 Å². The van der Waals surface area contributed by atoms with Gasteiger partial charge in [0.25, 0.3) is 11.6 Å². The normalized spacial score (nSPS) is 13.5. The zero-order chi connectivity index (χ0) is 18.8. The number of carbonyl (C=O) groups excluding carboxylic acids is 1. The van der Waals surface area contributed by atoms with E-state index < -0.39 is 4.92 Å². The van der Waals surface area contributed by atoms with Gasteiger partial charge in [-0.05, 0) is 37.1 Å². The van der Waals surface area contributed by atoms with Gasteiger partial charge in [0.2, 0.25) is 0 Å². The van der Waals surface area contributed by atoms with Crippen LogP contribution in [0.3, 0.4) is 0 Å². The van der Waals surface area contributed by atoms with Crippen molar-refractivity contribution in [3.05, 3.63) is 70.2 Å². The van der Waals surface area contributed by atoms with Gasteiger partial charge >= 0.3 is 0 Å². The maximum atomic E-state index is 12.3. The van der Waals surface area contributed by atoms with E-state index in [0.717, 1.165) is 24.2 Å². The lowest BCUT2D eigenvalue weighted by Gasteiger charge is -2.08. The lowest BCUT2D eigenvalue weighted by atomic mass is 10.1. The molecule has 8 heteroatoms. The van der Waals surface area contributed by atoms with Crippen molar-refractivity contribution in [3.63, 3.8) is 0 Å². The number of nitrogens with one attached hydrogen (secondary N) is 2. The Hall–Kier alpha value is -3.42. The van der Waals surface area contributed by atoms with E-state index >= 15 is 0 Å². The number of nitrogens with zero attached hydrogens (tertiary/aromatic N) is 3. The molecule has 4 rings (SSSR count). The molecule has 0 saturated heterocycles. The Morgan fingerprint density at radius 2 is 2.15 bits per heavy atom. The van der Waals surface area contributed by atoms with Crippen LogP contribution in [0.4, 0.5) is 11.4 Å². The number of pyridine rings is 1. The Morgan fingerprint density at radius 1 is 1.30 bits per heavy atom. The summed E-state index contributed by atoms with van der Waals surface area (Å²) in [6, 6.07) is 10.6. The number of fused-ring (bicyclic) bond motifs is 1. The summed E-state index contributed by atoms with van der Waals surface area (Å²) in [5, 5.41) is 17.2. The predicted molar refractivity (Wildman–Crippen MR) is 101 cm³/mol. The van der Waals surface area contributed by atoms with Crippen LogP contribution in [0, 0.1) is 10.1 Å². The molecule has 0 bridgehead atoms. The number of imidazole rings is 1. The highest BCUT2D eigenvalue weighted by Gasteiger charge is 2.25. The zero-order valence-corrected chi connectivity index (χ0v) is 14.6. The van der Waals surface area contributed by atoms with Gasteiger partial charge in [0.15, 0.2) is 0 Å². The molecule has 0 aliphatic heterocycles. The van der Waals surface area contributed by atoms with Crippen molar-refractivity contribution >= 4 is 22.9 Å². The van der Waals surface area contributed by atoms with Crippen molar-refractivity contribution in [3.8, 4) is 0 Å². The van der Waals surface area contributed by atoms with Gasteiger partial charge in [-0.1, -0.05) is 6.07 Å². The second-order valence-electron chi connectivity index (χ2n) is 6.61. The molecule has 2 aromatic heterocycles. The monoisotopic (exact) mass is 365 g/mol. The number of amides is 1. The zero-order valence-electron chi connectivity index (χ0n) is 14.6. The van der Waals surface area contributed by atoms with Crippen molar-refractivity contribution in [1.29, 1.82) is 0 Å². The van der Waals surface area contributed by atoms with Crippen LogP contribution in [0.15, 0.2) is 48.8 Å². The number of carbonyl (C=O) groups is 1. The van der Waals surface area contributed by atoms with Gasteiger partial charge in [-0.25, -0.2) is 4.98 Å². The molecule has 138 valence electrons. The van der Waals surface area contributed by atoms with Crippen LogP contribution in [0.25, 0.3) is 5.65 Å². The quantitative estimate of drug-likeness (QED) is 0.495. The molecule has 1 fully saturated rings. The van der Waals surface area contributed by atoms with E-state index in [0.29, 0.717) is 24.7 Å². The summed E-state index contributed by atoms with van der Waals surface area (Å²) in [6.07, 6.45) is 6.45. The van der Waals surface area contributed by atoms with Crippen molar-refractivity contribution in [1.82, 2.24) is 14.7 Å². The van der Waals surface area contributed by atoms with Gasteiger partial charge in [0.1, 0.15) is 11.3 Å². The van der Waals surface area contributed by atoms with Crippen LogP contribution < -0.4 is 10.6 Å². The van der Waals surface area contributed by atoms with Crippen LogP contribution in [-0.4, -0.2) is 32.8 Å². The maximum Gasteiger partial charge on any atom is 0.293 e. The molecule has 0 radical (unpaired) electrons. The highest BCUT2D eigenvalue weighted by atomic mass is 16.6. The molecule has 1 aromatic carbocycles. The standard InChI is InChI=1S/C19H19N5O3/c25-19(20-9-8-15-12-23-10-2-1-3-18(23)22-15)13-4-7-16(21-14-5-6-14)17(11-13)24(26)27/h1-4,7,10-12,14,21H,5-6,8-9H2,(H,20,25). The van der Waals surface area contributed by atoms with Gasteiger partial charge in [0.05, 0.1) is 10.6 Å². The molecule has 0 unspecified atom stereocenters. The maximum absolute atomic E-state index is 12.3. The van der Waals surface area contributed by atoms with E-state index in [2.05, 4.69) is 15.6 Å². The lowest BCUT2D eigenvalue weighted by Crippen LogP contribution is -2.25. The second kappa shape index (κ2) is 7.06. The molecule has 8 nitrogen and oxygen atoms in total. The Kier molecular flexibility index (Phi) is 4.45. The third-order valence-corrected chi connectivity index (χ3v) is 4.47. The van der Waals surface area contributed by atoms with E-state index in [1.165, 1.54) is 6.07 Å². The van der Waals surface area contributed by atoms with Gasteiger partial charge in [-0.3, -0.25) is 14.9 Å². The van der Waals surface area contributed by atoms with E-state index in [-0.39, 0.29) is 17.2 Å². The summed E-state index contributed by atoms with van der Waals surface area (Å²) in [5.74, 6) is -0.333. The molecule has 1 saturated carbocycles. The fraction of sp³-hybridized carbons (Fsp3) is 0.263. The van der Waals surface area contributed by atoms with Crippen molar-refractivity contribution in [2.24, 2.45) is 0 Å². The largest absolute Gasteiger partial charge is 0.377 e. The SMILES string of the molecule is O=C(NCCc1cn2ccccc2n1)c1ccc(NC2CC2)c([N+](=O)[O-])c1. The molecule has 0 atom stereocenters. The predicted octanol–water partition coefficient (Wildman–Crippen LogP) is 2.79. The third kappa shape index (κ3) is 3.89. The highest BCUT2D eigenvalue weighted by Crippen LogP contribution is 2.31. The third-order valence-electron chi connectivity index (χ3n) is 4.47. The number of nitro groups is 1. The first kappa shape index (κ1) is 17.0. The molecule has 2 heterocycles. The van der Waals surface area contributed by atoms with Gasteiger partial charge in [-0.15, -0.1) is 0 Å². The van der Waals surface area contributed by atoms with Crippen LogP contribution in [0.5, 0.6) is 0 Å². The molecule has 27 heavy (non-hydrogen) atoms. The topological polar surface area (TPSA) is 102 Å². The average Bonchev–Trinajstić information content (AvgIpc) is 3.38. The first-order valence-corrected chi connectivity index (χ1v) is 8.86. The van der Waals surface area contributed by atoms with Crippen LogP contribution in [0.1, 0.15) is 28.9 Å². The summed E-state index contributed by atoms with van der Waals surface area (Å²) in [7, 11) is 0. The van der Waals surface area contributed by atoms with E-state index in [4.69, 9.17) is 0 Å². The first-order valence-electron chi connectivity index (χ1n) is 8.86. The van der Waals surface area contributed by atoms with Crippen LogP contribution in [-0.2, 0) is 6.42 Å². The summed E-state index contributed by atoms with van der Waals surface area (Å²) in [4.78, 5) is 27.7. The number of aromatic nitrogens is 2. The van der Waals surface area contributed by atoms with Crippen molar-refractivity contribution in [2.45, 2.75) is 25.3 Å². The summed E-state index contributed by atoms with van der Waals surface area (Å²) in [6.45, 7) is 0.401. The number of hydrogen-bond acceptors (Lipinski definition) is 5. The Balaban J connectivity index is 1.39. The highest BCUT2D eigenvalue weighted by molar-refractivity contribution is 5.95. The fourth-order valence-corrected chi connectivity index (χ4v) is 2.91. The van der Waals surface area contributed by atoms with Gasteiger partial charge < -0.3 is 15.0 Å². The molecule has 1 amide bonds. The number of benzene rings is 1. The number of rotatable bonds is 7. The number of nitro benzene ring substituents is 1. The molecule has 0 spiro atoms. The van der Waals surface area contributed by atoms with Crippen LogP contribution in [0.2, 0.25) is 0 Å². The number of hydrogen-bond donors (Lipinski definition) is 2. The van der Waals surface area contributed by atoms with Gasteiger partial charge in [-0.2, -0.15) is 0 Å². The summed E-state index contributed by atoms with van der Waals surface area (Å²) in [5.41, 5.74) is 2.39. The molecule has 3 aromatic rings. The fourth-order valence-electron chi connectivity index (χ4n) is 2.91. The summed E-state index contributed by atoms with van der Waals surface area (Å²) >= 11 is 0. The van der Waals surface area contributed by atoms with E-state index in [1.54, 1.807) is 12.1 Å². The van der Waals surface area contributed by atoms with Gasteiger partial charge in [0, 0.05) is 43.0 Å². The molecule has 1 aliphatic rings. The Labute approximate surface area is 155 Å². The second-order valence-corrected chi connectivity index (χ2v) is 6.61.